The lowest BCUT2D eigenvalue weighted by molar-refractivity contribution is -0.384. The predicted molar refractivity (Wildman–Crippen MR) is 127 cm³/mol. The third kappa shape index (κ3) is 5.22. The Labute approximate surface area is 190 Å². The molecule has 0 spiro atoms. The van der Waals surface area contributed by atoms with Gasteiger partial charge in [-0.05, 0) is 52.2 Å². The SMILES string of the molecule is O=[N+]([O-])c1ccc(COc2ccc3ccccc3c2/C=N\NCc2ccc(Cl)cc2)cc1. The molecule has 160 valence electrons. The summed E-state index contributed by atoms with van der Waals surface area (Å²) in [5.41, 5.74) is 5.88. The fourth-order valence-electron chi connectivity index (χ4n) is 3.26. The summed E-state index contributed by atoms with van der Waals surface area (Å²) in [7, 11) is 0. The van der Waals surface area contributed by atoms with Crippen molar-refractivity contribution in [2.45, 2.75) is 13.2 Å². The van der Waals surface area contributed by atoms with E-state index < -0.39 is 4.92 Å². The van der Waals surface area contributed by atoms with Crippen LogP contribution in [0.3, 0.4) is 0 Å². The minimum atomic E-state index is -0.417. The Balaban J connectivity index is 1.52. The number of non-ortho nitro benzene ring substituents is 1. The van der Waals surface area contributed by atoms with E-state index in [9.17, 15) is 10.1 Å². The Morgan fingerprint density at radius 2 is 1.66 bits per heavy atom. The Hall–Kier alpha value is -3.90. The molecule has 0 aliphatic heterocycles. The second-order valence-corrected chi connectivity index (χ2v) is 7.57. The summed E-state index contributed by atoms with van der Waals surface area (Å²) in [5, 5.41) is 18.0. The fraction of sp³-hybridized carbons (Fsp3) is 0.0800. The third-order valence-corrected chi connectivity index (χ3v) is 5.21. The van der Waals surface area contributed by atoms with Gasteiger partial charge < -0.3 is 10.2 Å². The number of benzene rings is 4. The van der Waals surface area contributed by atoms with Gasteiger partial charge in [-0.2, -0.15) is 5.10 Å². The van der Waals surface area contributed by atoms with Gasteiger partial charge in [0.2, 0.25) is 0 Å². The molecule has 32 heavy (non-hydrogen) atoms. The van der Waals surface area contributed by atoms with Gasteiger partial charge in [0.05, 0.1) is 17.7 Å². The molecule has 0 radical (unpaired) electrons. The van der Waals surface area contributed by atoms with Crippen molar-refractivity contribution in [3.8, 4) is 5.75 Å². The van der Waals surface area contributed by atoms with Gasteiger partial charge in [-0.25, -0.2) is 0 Å². The summed E-state index contributed by atoms with van der Waals surface area (Å²) < 4.78 is 6.06. The highest BCUT2D eigenvalue weighted by Gasteiger charge is 2.09. The first-order valence-electron chi connectivity index (χ1n) is 9.98. The van der Waals surface area contributed by atoms with Crippen molar-refractivity contribution in [2.75, 3.05) is 0 Å². The highest BCUT2D eigenvalue weighted by Crippen LogP contribution is 2.27. The lowest BCUT2D eigenvalue weighted by atomic mass is 10.0. The molecule has 0 saturated carbocycles. The number of rotatable bonds is 8. The molecule has 0 atom stereocenters. The number of ether oxygens (including phenoxy) is 1. The second kappa shape index (κ2) is 9.94. The van der Waals surface area contributed by atoms with Crippen LogP contribution in [0.25, 0.3) is 10.8 Å². The van der Waals surface area contributed by atoms with Crippen LogP contribution in [-0.2, 0) is 13.2 Å². The molecule has 0 bridgehead atoms. The molecule has 6 nitrogen and oxygen atoms in total. The maximum atomic E-state index is 10.8. The molecule has 4 aromatic carbocycles. The van der Waals surface area contributed by atoms with Gasteiger partial charge in [-0.1, -0.05) is 54.1 Å². The minimum Gasteiger partial charge on any atom is -0.488 e. The number of nitro groups is 1. The standard InChI is InChI=1S/C25H20ClN3O3/c26-21-10-5-18(6-11-21)15-27-28-16-24-23-4-2-1-3-20(23)9-14-25(24)32-17-19-7-12-22(13-8-19)29(30)31/h1-14,16,27H,15,17H2/b28-16-. The van der Waals surface area contributed by atoms with Crippen molar-refractivity contribution in [3.63, 3.8) is 0 Å². The van der Waals surface area contributed by atoms with Crippen molar-refractivity contribution >= 4 is 34.3 Å². The molecule has 4 rings (SSSR count). The molecule has 0 fully saturated rings. The van der Waals surface area contributed by atoms with E-state index in [1.807, 2.05) is 60.7 Å². The highest BCUT2D eigenvalue weighted by molar-refractivity contribution is 6.30. The van der Waals surface area contributed by atoms with Crippen LogP contribution in [0.5, 0.6) is 5.75 Å². The maximum Gasteiger partial charge on any atom is 0.269 e. The molecule has 7 heteroatoms. The minimum absolute atomic E-state index is 0.0547. The third-order valence-electron chi connectivity index (χ3n) is 4.95. The van der Waals surface area contributed by atoms with E-state index in [-0.39, 0.29) is 12.3 Å². The van der Waals surface area contributed by atoms with Crippen LogP contribution in [0.2, 0.25) is 5.02 Å². The molecule has 0 aliphatic rings. The lowest BCUT2D eigenvalue weighted by Crippen LogP contribution is -2.06. The van der Waals surface area contributed by atoms with Gasteiger partial charge in [0, 0.05) is 22.7 Å². The first-order chi connectivity index (χ1) is 15.6. The summed E-state index contributed by atoms with van der Waals surface area (Å²) in [6.45, 7) is 0.854. The van der Waals surface area contributed by atoms with Crippen molar-refractivity contribution in [3.05, 3.63) is 117 Å². The van der Waals surface area contributed by atoms with Gasteiger partial charge in [0.15, 0.2) is 0 Å². The monoisotopic (exact) mass is 445 g/mol. The van der Waals surface area contributed by atoms with Crippen molar-refractivity contribution in [1.82, 2.24) is 5.43 Å². The topological polar surface area (TPSA) is 76.8 Å². The van der Waals surface area contributed by atoms with Crippen LogP contribution < -0.4 is 10.2 Å². The molecular formula is C25H20ClN3O3. The Kier molecular flexibility index (Phi) is 6.63. The zero-order valence-corrected chi connectivity index (χ0v) is 17.8. The number of nitrogens with zero attached hydrogens (tertiary/aromatic N) is 2. The molecular weight excluding hydrogens is 426 g/mol. The van der Waals surface area contributed by atoms with Crippen molar-refractivity contribution in [2.24, 2.45) is 5.10 Å². The number of hydrazone groups is 1. The number of nitro benzene ring substituents is 1. The van der Waals surface area contributed by atoms with E-state index >= 15 is 0 Å². The zero-order valence-electron chi connectivity index (χ0n) is 17.1. The van der Waals surface area contributed by atoms with Crippen molar-refractivity contribution < 1.29 is 9.66 Å². The zero-order chi connectivity index (χ0) is 22.3. The molecule has 0 amide bonds. The van der Waals surface area contributed by atoms with Gasteiger partial charge in [-0.3, -0.25) is 10.1 Å². The Morgan fingerprint density at radius 3 is 2.41 bits per heavy atom. The summed E-state index contributed by atoms with van der Waals surface area (Å²) in [4.78, 5) is 10.4. The van der Waals surface area contributed by atoms with E-state index in [0.29, 0.717) is 17.3 Å². The molecule has 0 saturated heterocycles. The van der Waals surface area contributed by atoms with E-state index in [4.69, 9.17) is 16.3 Å². The summed E-state index contributed by atoms with van der Waals surface area (Å²) >= 11 is 5.93. The van der Waals surface area contributed by atoms with Crippen LogP contribution in [0, 0.1) is 10.1 Å². The van der Waals surface area contributed by atoms with E-state index in [0.717, 1.165) is 27.5 Å². The highest BCUT2D eigenvalue weighted by atomic mass is 35.5. The molecule has 0 aromatic heterocycles. The van der Waals surface area contributed by atoms with Crippen LogP contribution in [-0.4, -0.2) is 11.1 Å². The summed E-state index contributed by atoms with van der Waals surface area (Å²) in [5.74, 6) is 0.680. The molecule has 0 unspecified atom stereocenters. The lowest BCUT2D eigenvalue weighted by Gasteiger charge is -2.12. The number of halogens is 1. The van der Waals surface area contributed by atoms with Crippen LogP contribution >= 0.6 is 11.6 Å². The molecule has 4 aromatic rings. The van der Waals surface area contributed by atoms with Crippen LogP contribution in [0.4, 0.5) is 5.69 Å². The Morgan fingerprint density at radius 1 is 0.938 bits per heavy atom. The van der Waals surface area contributed by atoms with Crippen LogP contribution in [0.1, 0.15) is 16.7 Å². The average Bonchev–Trinajstić information content (AvgIpc) is 2.82. The first-order valence-corrected chi connectivity index (χ1v) is 10.4. The quantitative estimate of drug-likeness (QED) is 0.202. The molecule has 0 heterocycles. The van der Waals surface area contributed by atoms with Gasteiger partial charge in [0.25, 0.3) is 5.69 Å². The van der Waals surface area contributed by atoms with Gasteiger partial charge >= 0.3 is 0 Å². The van der Waals surface area contributed by atoms with Gasteiger partial charge in [-0.15, -0.1) is 0 Å². The van der Waals surface area contributed by atoms with Crippen LogP contribution in [0.15, 0.2) is 90.0 Å². The summed E-state index contributed by atoms with van der Waals surface area (Å²) in [6.07, 6.45) is 1.75. The number of nitrogens with one attached hydrogen (secondary N) is 1. The Bertz CT molecular complexity index is 1260. The largest absolute Gasteiger partial charge is 0.488 e. The summed E-state index contributed by atoms with van der Waals surface area (Å²) in [6, 6.07) is 25.8. The first kappa shape index (κ1) is 21.3. The average molecular weight is 446 g/mol. The number of fused-ring (bicyclic) bond motifs is 1. The van der Waals surface area contributed by atoms with E-state index in [1.165, 1.54) is 12.1 Å². The maximum absolute atomic E-state index is 10.8. The smallest absolute Gasteiger partial charge is 0.269 e. The predicted octanol–water partition coefficient (Wildman–Crippen LogP) is 6.10. The normalized spacial score (nSPS) is 11.0. The molecule has 1 N–H and O–H groups in total. The molecule has 0 aliphatic carbocycles. The fourth-order valence-corrected chi connectivity index (χ4v) is 3.38. The van der Waals surface area contributed by atoms with Gasteiger partial charge in [0.1, 0.15) is 12.4 Å². The second-order valence-electron chi connectivity index (χ2n) is 7.13. The van der Waals surface area contributed by atoms with E-state index in [2.05, 4.69) is 10.5 Å². The van der Waals surface area contributed by atoms with E-state index in [1.54, 1.807) is 18.3 Å². The number of hydrogen-bond acceptors (Lipinski definition) is 5. The van der Waals surface area contributed by atoms with Crippen molar-refractivity contribution in [1.29, 1.82) is 0 Å². The number of hydrogen-bond donors (Lipinski definition) is 1.